The number of hydrogen-bond donors (Lipinski definition) is 0. The van der Waals surface area contributed by atoms with Crippen molar-refractivity contribution in [1.29, 1.82) is 0 Å². The smallest absolute Gasteiger partial charge is 0.200 e. The van der Waals surface area contributed by atoms with Crippen LogP contribution in [0.4, 0.5) is 13.2 Å². The van der Waals surface area contributed by atoms with E-state index in [1.807, 2.05) is 0 Å². The maximum Gasteiger partial charge on any atom is 0.200 e. The third-order valence-corrected chi connectivity index (χ3v) is 4.34. The first kappa shape index (κ1) is 18.8. The zero-order valence-corrected chi connectivity index (χ0v) is 15.1. The molecule has 27 heavy (non-hydrogen) atoms. The summed E-state index contributed by atoms with van der Waals surface area (Å²) >= 11 is 0. The van der Waals surface area contributed by atoms with Gasteiger partial charge in [0.15, 0.2) is 11.6 Å². The molecule has 0 N–H and O–H groups in total. The third kappa shape index (κ3) is 4.08. The Kier molecular flexibility index (Phi) is 5.69. The average molecular weight is 372 g/mol. The quantitative estimate of drug-likeness (QED) is 0.535. The van der Waals surface area contributed by atoms with Crippen LogP contribution >= 0.6 is 0 Å². The summed E-state index contributed by atoms with van der Waals surface area (Å²) in [5, 5.41) is 0. The standard InChI is InChI=1S/C22H19F3O2/c1-3-15-8-11-20(22(25)21(15)24)27-13-14-4-6-16(7-5-14)18-10-9-17(26-2)12-19(18)23/h4-12H,3,13H2,1-2H3. The van der Waals surface area contributed by atoms with Crippen LogP contribution in [0.1, 0.15) is 18.1 Å². The van der Waals surface area contributed by atoms with E-state index < -0.39 is 11.6 Å². The predicted molar refractivity (Wildman–Crippen MR) is 98.5 cm³/mol. The Hall–Kier alpha value is -2.95. The molecule has 0 fully saturated rings. The van der Waals surface area contributed by atoms with Gasteiger partial charge in [-0.2, -0.15) is 4.39 Å². The molecule has 140 valence electrons. The lowest BCUT2D eigenvalue weighted by Gasteiger charge is -2.10. The molecule has 0 bridgehead atoms. The minimum atomic E-state index is -0.980. The summed E-state index contributed by atoms with van der Waals surface area (Å²) in [5.41, 5.74) is 2.22. The summed E-state index contributed by atoms with van der Waals surface area (Å²) in [7, 11) is 1.48. The molecular weight excluding hydrogens is 353 g/mol. The van der Waals surface area contributed by atoms with E-state index in [2.05, 4.69) is 0 Å². The van der Waals surface area contributed by atoms with Gasteiger partial charge in [-0.05, 0) is 41.3 Å². The highest BCUT2D eigenvalue weighted by Gasteiger charge is 2.13. The fourth-order valence-electron chi connectivity index (χ4n) is 2.75. The zero-order chi connectivity index (χ0) is 19.4. The average Bonchev–Trinajstić information content (AvgIpc) is 2.69. The molecule has 0 saturated heterocycles. The monoisotopic (exact) mass is 372 g/mol. The summed E-state index contributed by atoms with van der Waals surface area (Å²) in [4.78, 5) is 0. The highest BCUT2D eigenvalue weighted by molar-refractivity contribution is 5.65. The molecule has 0 unspecified atom stereocenters. The molecule has 0 spiro atoms. The van der Waals surface area contributed by atoms with Crippen LogP contribution < -0.4 is 9.47 Å². The molecule has 0 radical (unpaired) electrons. The molecule has 0 aliphatic rings. The summed E-state index contributed by atoms with van der Waals surface area (Å²) < 4.78 is 52.4. The van der Waals surface area contributed by atoms with Crippen LogP contribution in [0, 0.1) is 17.5 Å². The molecular formula is C22H19F3O2. The first-order valence-corrected chi connectivity index (χ1v) is 8.56. The van der Waals surface area contributed by atoms with Crippen molar-refractivity contribution in [3.8, 4) is 22.6 Å². The first-order valence-electron chi connectivity index (χ1n) is 8.56. The van der Waals surface area contributed by atoms with Crippen molar-refractivity contribution in [2.45, 2.75) is 20.0 Å². The molecule has 0 atom stereocenters. The Labute approximate surface area is 156 Å². The lowest BCUT2D eigenvalue weighted by Crippen LogP contribution is -2.01. The molecule has 0 heterocycles. The topological polar surface area (TPSA) is 18.5 Å². The van der Waals surface area contributed by atoms with Gasteiger partial charge < -0.3 is 9.47 Å². The SMILES string of the molecule is CCc1ccc(OCc2ccc(-c3ccc(OC)cc3F)cc2)c(F)c1F. The number of hydrogen-bond acceptors (Lipinski definition) is 2. The van der Waals surface area contributed by atoms with Crippen LogP contribution in [0.5, 0.6) is 11.5 Å². The van der Waals surface area contributed by atoms with Gasteiger partial charge in [0.1, 0.15) is 18.2 Å². The van der Waals surface area contributed by atoms with Crippen LogP contribution in [0.3, 0.4) is 0 Å². The van der Waals surface area contributed by atoms with Crippen LogP contribution in [-0.4, -0.2) is 7.11 Å². The van der Waals surface area contributed by atoms with Crippen molar-refractivity contribution >= 4 is 0 Å². The fourth-order valence-corrected chi connectivity index (χ4v) is 2.75. The van der Waals surface area contributed by atoms with Crippen molar-refractivity contribution < 1.29 is 22.6 Å². The van der Waals surface area contributed by atoms with Crippen LogP contribution in [0.25, 0.3) is 11.1 Å². The molecule has 3 rings (SSSR count). The van der Waals surface area contributed by atoms with Crippen LogP contribution in [-0.2, 0) is 13.0 Å². The van der Waals surface area contributed by atoms with E-state index >= 15 is 0 Å². The second-order valence-electron chi connectivity index (χ2n) is 6.04. The normalized spacial score (nSPS) is 10.7. The largest absolute Gasteiger partial charge is 0.497 e. The molecule has 3 aromatic rings. The van der Waals surface area contributed by atoms with Gasteiger partial charge in [0.05, 0.1) is 7.11 Å². The Morgan fingerprint density at radius 1 is 0.852 bits per heavy atom. The van der Waals surface area contributed by atoms with Gasteiger partial charge in [0, 0.05) is 11.6 Å². The highest BCUT2D eigenvalue weighted by Crippen LogP contribution is 2.27. The molecule has 5 heteroatoms. The van der Waals surface area contributed by atoms with Crippen molar-refractivity contribution in [3.63, 3.8) is 0 Å². The summed E-state index contributed by atoms with van der Waals surface area (Å²) in [6.45, 7) is 1.83. The van der Waals surface area contributed by atoms with E-state index in [0.29, 0.717) is 28.9 Å². The van der Waals surface area contributed by atoms with Crippen molar-refractivity contribution in [2.24, 2.45) is 0 Å². The predicted octanol–water partition coefficient (Wildman–Crippen LogP) is 5.92. The summed E-state index contributed by atoms with van der Waals surface area (Å²) in [6.07, 6.45) is 0.409. The van der Waals surface area contributed by atoms with Crippen LogP contribution in [0.15, 0.2) is 54.6 Å². The second-order valence-corrected chi connectivity index (χ2v) is 6.04. The minimum absolute atomic E-state index is 0.0766. The lowest BCUT2D eigenvalue weighted by molar-refractivity contribution is 0.284. The van der Waals surface area contributed by atoms with E-state index in [1.54, 1.807) is 43.3 Å². The minimum Gasteiger partial charge on any atom is -0.497 e. The maximum absolute atomic E-state index is 14.2. The Morgan fingerprint density at radius 2 is 1.59 bits per heavy atom. The van der Waals surface area contributed by atoms with E-state index in [9.17, 15) is 13.2 Å². The Morgan fingerprint density at radius 3 is 2.22 bits per heavy atom. The summed E-state index contributed by atoms with van der Waals surface area (Å²) in [6, 6.07) is 14.6. The van der Waals surface area contributed by atoms with Gasteiger partial charge in [0.25, 0.3) is 0 Å². The molecule has 0 saturated carbocycles. The number of aryl methyl sites for hydroxylation is 1. The van der Waals surface area contributed by atoms with Gasteiger partial charge >= 0.3 is 0 Å². The van der Waals surface area contributed by atoms with Crippen LogP contribution in [0.2, 0.25) is 0 Å². The third-order valence-electron chi connectivity index (χ3n) is 4.34. The molecule has 3 aromatic carbocycles. The van der Waals surface area contributed by atoms with Crippen molar-refractivity contribution in [1.82, 2.24) is 0 Å². The number of benzene rings is 3. The Bertz CT molecular complexity index is 937. The van der Waals surface area contributed by atoms with E-state index in [4.69, 9.17) is 9.47 Å². The maximum atomic E-state index is 14.2. The highest BCUT2D eigenvalue weighted by atomic mass is 19.2. The zero-order valence-electron chi connectivity index (χ0n) is 15.1. The molecule has 0 amide bonds. The number of methoxy groups -OCH3 is 1. The summed E-state index contributed by atoms with van der Waals surface area (Å²) in [5.74, 6) is -1.92. The molecule has 0 aromatic heterocycles. The number of rotatable bonds is 6. The van der Waals surface area contributed by atoms with Crippen molar-refractivity contribution in [2.75, 3.05) is 7.11 Å². The molecule has 0 aliphatic carbocycles. The van der Waals surface area contributed by atoms with E-state index in [1.165, 1.54) is 25.3 Å². The van der Waals surface area contributed by atoms with Gasteiger partial charge in [-0.1, -0.05) is 37.3 Å². The Balaban J connectivity index is 1.72. The van der Waals surface area contributed by atoms with E-state index in [0.717, 1.165) is 5.56 Å². The van der Waals surface area contributed by atoms with Gasteiger partial charge in [-0.25, -0.2) is 8.78 Å². The molecule has 2 nitrogen and oxygen atoms in total. The number of ether oxygens (including phenoxy) is 2. The van der Waals surface area contributed by atoms with Crippen molar-refractivity contribution in [3.05, 3.63) is 83.2 Å². The first-order chi connectivity index (χ1) is 13.0. The van der Waals surface area contributed by atoms with Gasteiger partial charge in [0.2, 0.25) is 5.82 Å². The van der Waals surface area contributed by atoms with Gasteiger partial charge in [-0.3, -0.25) is 0 Å². The fraction of sp³-hybridized carbons (Fsp3) is 0.182. The lowest BCUT2D eigenvalue weighted by atomic mass is 10.0. The number of halogens is 3. The second kappa shape index (κ2) is 8.16. The van der Waals surface area contributed by atoms with Gasteiger partial charge in [-0.15, -0.1) is 0 Å². The van der Waals surface area contributed by atoms with E-state index in [-0.39, 0.29) is 18.2 Å². The molecule has 0 aliphatic heterocycles.